The number of fused-ring (bicyclic) bond motifs is 1. The van der Waals surface area contributed by atoms with Gasteiger partial charge in [0.2, 0.25) is 11.8 Å². The van der Waals surface area contributed by atoms with Gasteiger partial charge in [-0.05, 0) is 28.9 Å². The molecule has 0 bridgehead atoms. The molecule has 3 heterocycles. The van der Waals surface area contributed by atoms with Crippen molar-refractivity contribution in [3.8, 4) is 5.88 Å². The molecule has 3 rings (SSSR count). The quantitative estimate of drug-likeness (QED) is 0.621. The summed E-state index contributed by atoms with van der Waals surface area (Å²) in [5, 5.41) is 9.68. The van der Waals surface area contributed by atoms with Gasteiger partial charge < -0.3 is 24.4 Å². The number of morpholine rings is 1. The van der Waals surface area contributed by atoms with Crippen molar-refractivity contribution in [3.63, 3.8) is 0 Å². The molecule has 1 N–H and O–H groups in total. The van der Waals surface area contributed by atoms with E-state index in [0.717, 1.165) is 13.1 Å². The maximum absolute atomic E-state index is 13.1. The molecule has 0 radical (unpaired) electrons. The zero-order valence-corrected chi connectivity index (χ0v) is 19.9. The molecule has 1 aromatic heterocycles. The van der Waals surface area contributed by atoms with Gasteiger partial charge in [-0.15, -0.1) is 0 Å². The van der Waals surface area contributed by atoms with Crippen LogP contribution in [0.4, 0.5) is 0 Å². The fraction of sp³-hybridized carbons (Fsp3) is 0.667. The molecular formula is C21H31BrN4O5. The van der Waals surface area contributed by atoms with E-state index < -0.39 is 0 Å². The summed E-state index contributed by atoms with van der Waals surface area (Å²) in [6, 6.07) is 1.34. The van der Waals surface area contributed by atoms with Gasteiger partial charge in [0, 0.05) is 43.3 Å². The van der Waals surface area contributed by atoms with Crippen LogP contribution in [-0.4, -0.2) is 108 Å². The number of hydrogen-bond acceptors (Lipinski definition) is 7. The SMILES string of the molecule is C[C@@H]1CN([C@@H](C)CO)C(=O)c2cc(Br)cnc2O[C@@H]1CN(C)C(=O)CN1CCOCC1. The number of likely N-dealkylation sites (N-methyl/N-ethyl adjacent to an activating group) is 1. The highest BCUT2D eigenvalue weighted by Crippen LogP contribution is 2.28. The molecule has 2 aliphatic rings. The molecule has 172 valence electrons. The molecule has 2 amide bonds. The monoisotopic (exact) mass is 498 g/mol. The Labute approximate surface area is 191 Å². The standard InChI is InChI=1S/C21H31BrN4O5/c1-14-10-26(15(2)13-27)21(29)17-8-16(22)9-23-20(17)31-18(14)11-24(3)19(28)12-25-4-6-30-7-5-25/h8-9,14-15,18,27H,4-7,10-13H2,1-3H3/t14-,15+,18-/m1/s1. The Morgan fingerprint density at radius 1 is 1.42 bits per heavy atom. The first kappa shape index (κ1) is 23.9. The number of aromatic nitrogens is 1. The molecule has 31 heavy (non-hydrogen) atoms. The van der Waals surface area contributed by atoms with Gasteiger partial charge in [-0.2, -0.15) is 0 Å². The lowest BCUT2D eigenvalue weighted by molar-refractivity contribution is -0.133. The number of rotatable bonds is 6. The lowest BCUT2D eigenvalue weighted by atomic mass is 10.00. The first-order chi connectivity index (χ1) is 14.8. The summed E-state index contributed by atoms with van der Waals surface area (Å²) in [4.78, 5) is 35.7. The van der Waals surface area contributed by atoms with E-state index in [-0.39, 0.29) is 42.4 Å². The molecule has 0 aromatic carbocycles. The van der Waals surface area contributed by atoms with Crippen molar-refractivity contribution >= 4 is 27.7 Å². The molecule has 0 saturated carbocycles. The van der Waals surface area contributed by atoms with E-state index >= 15 is 0 Å². The summed E-state index contributed by atoms with van der Waals surface area (Å²) in [6.45, 7) is 7.56. The van der Waals surface area contributed by atoms with Crippen LogP contribution in [0.15, 0.2) is 16.7 Å². The third-order valence-corrected chi connectivity index (χ3v) is 6.26. The van der Waals surface area contributed by atoms with E-state index in [1.807, 2.05) is 13.8 Å². The Balaban J connectivity index is 1.78. The Kier molecular flexibility index (Phi) is 8.26. The molecule has 1 saturated heterocycles. The topological polar surface area (TPSA) is 95.4 Å². The van der Waals surface area contributed by atoms with Crippen LogP contribution in [0.25, 0.3) is 0 Å². The summed E-state index contributed by atoms with van der Waals surface area (Å²) in [6.07, 6.45) is 1.23. The third kappa shape index (κ3) is 5.94. The van der Waals surface area contributed by atoms with Gasteiger partial charge >= 0.3 is 0 Å². The number of carbonyl (C=O) groups excluding carboxylic acids is 2. The minimum Gasteiger partial charge on any atom is -0.472 e. The predicted octanol–water partition coefficient (Wildman–Crippen LogP) is 0.855. The van der Waals surface area contributed by atoms with Crippen molar-refractivity contribution < 1.29 is 24.2 Å². The van der Waals surface area contributed by atoms with Crippen LogP contribution in [0.3, 0.4) is 0 Å². The number of aliphatic hydroxyl groups excluding tert-OH is 1. The molecule has 0 unspecified atom stereocenters. The number of halogens is 1. The summed E-state index contributed by atoms with van der Waals surface area (Å²) in [5.74, 6) is -0.0445. The molecule has 2 aliphatic heterocycles. The first-order valence-corrected chi connectivity index (χ1v) is 11.4. The second kappa shape index (κ2) is 10.7. The van der Waals surface area contributed by atoms with Crippen molar-refractivity contribution in [1.82, 2.24) is 19.7 Å². The highest BCUT2D eigenvalue weighted by Gasteiger charge is 2.34. The summed E-state index contributed by atoms with van der Waals surface area (Å²) in [7, 11) is 1.77. The van der Waals surface area contributed by atoms with Gasteiger partial charge in [-0.25, -0.2) is 4.98 Å². The second-order valence-corrected chi connectivity index (χ2v) is 9.21. The van der Waals surface area contributed by atoms with Crippen LogP contribution in [0.1, 0.15) is 24.2 Å². The van der Waals surface area contributed by atoms with Crippen molar-refractivity contribution in [2.75, 3.05) is 59.6 Å². The van der Waals surface area contributed by atoms with Gasteiger partial charge in [-0.3, -0.25) is 14.5 Å². The van der Waals surface area contributed by atoms with Crippen LogP contribution >= 0.6 is 15.9 Å². The molecule has 0 aliphatic carbocycles. The molecule has 1 fully saturated rings. The van der Waals surface area contributed by atoms with Crippen molar-refractivity contribution in [1.29, 1.82) is 0 Å². The first-order valence-electron chi connectivity index (χ1n) is 10.6. The summed E-state index contributed by atoms with van der Waals surface area (Å²) >= 11 is 3.37. The number of ether oxygens (including phenoxy) is 2. The lowest BCUT2D eigenvalue weighted by Crippen LogP contribution is -2.51. The Hall–Kier alpha value is -1.75. The summed E-state index contributed by atoms with van der Waals surface area (Å²) in [5.41, 5.74) is 0.342. The average Bonchev–Trinajstić information content (AvgIpc) is 2.76. The normalized spacial score (nSPS) is 23.4. The summed E-state index contributed by atoms with van der Waals surface area (Å²) < 4.78 is 12.2. The molecular weight excluding hydrogens is 468 g/mol. The fourth-order valence-electron chi connectivity index (χ4n) is 3.74. The number of pyridine rings is 1. The lowest BCUT2D eigenvalue weighted by Gasteiger charge is -2.38. The van der Waals surface area contributed by atoms with Crippen molar-refractivity contribution in [2.24, 2.45) is 5.92 Å². The van der Waals surface area contributed by atoms with E-state index in [1.165, 1.54) is 0 Å². The Morgan fingerprint density at radius 3 is 2.81 bits per heavy atom. The molecule has 10 heteroatoms. The van der Waals surface area contributed by atoms with Gasteiger partial charge in [0.1, 0.15) is 11.7 Å². The molecule has 9 nitrogen and oxygen atoms in total. The Bertz CT molecular complexity index is 789. The minimum atomic E-state index is -0.354. The van der Waals surface area contributed by atoms with Crippen LogP contribution in [0.5, 0.6) is 5.88 Å². The van der Waals surface area contributed by atoms with E-state index in [0.29, 0.717) is 42.9 Å². The second-order valence-electron chi connectivity index (χ2n) is 8.29. The van der Waals surface area contributed by atoms with E-state index in [4.69, 9.17) is 9.47 Å². The van der Waals surface area contributed by atoms with Gasteiger partial charge in [0.05, 0.1) is 39.0 Å². The van der Waals surface area contributed by atoms with E-state index in [2.05, 4.69) is 25.8 Å². The van der Waals surface area contributed by atoms with Crippen molar-refractivity contribution in [2.45, 2.75) is 26.0 Å². The number of nitrogens with zero attached hydrogens (tertiary/aromatic N) is 4. The number of amides is 2. The largest absolute Gasteiger partial charge is 0.472 e. The van der Waals surface area contributed by atoms with Crippen molar-refractivity contribution in [3.05, 3.63) is 22.3 Å². The van der Waals surface area contributed by atoms with Crippen LogP contribution < -0.4 is 4.74 Å². The number of aliphatic hydroxyl groups is 1. The third-order valence-electron chi connectivity index (χ3n) is 5.83. The maximum Gasteiger partial charge on any atom is 0.259 e. The van der Waals surface area contributed by atoms with Gasteiger partial charge in [0.25, 0.3) is 5.91 Å². The van der Waals surface area contributed by atoms with Crippen LogP contribution in [0, 0.1) is 5.92 Å². The number of hydrogen-bond donors (Lipinski definition) is 1. The minimum absolute atomic E-state index is 0.0143. The smallest absolute Gasteiger partial charge is 0.259 e. The maximum atomic E-state index is 13.1. The molecule has 1 aromatic rings. The van der Waals surface area contributed by atoms with Gasteiger partial charge in [0.15, 0.2) is 0 Å². The Morgan fingerprint density at radius 2 is 2.13 bits per heavy atom. The van der Waals surface area contributed by atoms with Gasteiger partial charge in [-0.1, -0.05) is 6.92 Å². The highest BCUT2D eigenvalue weighted by molar-refractivity contribution is 9.10. The van der Waals surface area contributed by atoms with Crippen LogP contribution in [0.2, 0.25) is 0 Å². The zero-order chi connectivity index (χ0) is 22.5. The predicted molar refractivity (Wildman–Crippen MR) is 118 cm³/mol. The fourth-order valence-corrected chi connectivity index (χ4v) is 4.07. The average molecular weight is 499 g/mol. The van der Waals surface area contributed by atoms with Crippen LogP contribution in [-0.2, 0) is 9.53 Å². The van der Waals surface area contributed by atoms with E-state index in [1.54, 1.807) is 29.1 Å². The number of carbonyl (C=O) groups is 2. The highest BCUT2D eigenvalue weighted by atomic mass is 79.9. The zero-order valence-electron chi connectivity index (χ0n) is 18.3. The molecule has 3 atom stereocenters. The molecule has 0 spiro atoms. The van der Waals surface area contributed by atoms with E-state index in [9.17, 15) is 14.7 Å².